The van der Waals surface area contributed by atoms with Crippen molar-refractivity contribution in [1.29, 1.82) is 0 Å². The van der Waals surface area contributed by atoms with E-state index in [0.717, 1.165) is 29.1 Å². The number of carbonyl (C=O) groups is 1. The molecule has 0 saturated heterocycles. The number of carboxylic acid groups (broad SMARTS) is 1. The zero-order valence-electron chi connectivity index (χ0n) is 11.1. The van der Waals surface area contributed by atoms with Gasteiger partial charge < -0.3 is 5.11 Å². The highest BCUT2D eigenvalue weighted by Gasteiger charge is 2.40. The first kappa shape index (κ1) is 14.2. The minimum Gasteiger partial charge on any atom is -0.477 e. The summed E-state index contributed by atoms with van der Waals surface area (Å²) >= 11 is 0. The van der Waals surface area contributed by atoms with E-state index in [0.29, 0.717) is 6.54 Å². The second kappa shape index (κ2) is 5.03. The number of benzene rings is 1. The lowest BCUT2D eigenvalue weighted by atomic mass is 10.0. The summed E-state index contributed by atoms with van der Waals surface area (Å²) in [6.07, 6.45) is 0. The van der Waals surface area contributed by atoms with Crippen molar-refractivity contribution in [3.05, 3.63) is 41.6 Å². The maximum absolute atomic E-state index is 13.3. The topological polar surface area (TPSA) is 55.1 Å². The minimum absolute atomic E-state index is 0.534. The number of aliphatic carboxylic acids is 1. The summed E-state index contributed by atoms with van der Waals surface area (Å²) in [5, 5.41) is 12.8. The number of aryl methyl sites for hydroxylation is 2. The molecule has 0 aliphatic rings. The standard InChI is InChI=1S/C14H14F2N2O2/c1-3-18-12(8-9(2)17-18)10-4-6-11(7-5-10)14(15,16)13(19)20/h4-8H,3H2,1-2H3,(H,19,20). The van der Waals surface area contributed by atoms with E-state index < -0.39 is 17.5 Å². The molecule has 2 rings (SSSR count). The molecule has 0 amide bonds. The van der Waals surface area contributed by atoms with E-state index >= 15 is 0 Å². The largest absolute Gasteiger partial charge is 0.477 e. The van der Waals surface area contributed by atoms with Gasteiger partial charge in [-0.25, -0.2) is 4.79 Å². The molecule has 0 unspecified atom stereocenters. The van der Waals surface area contributed by atoms with Gasteiger partial charge in [0.1, 0.15) is 0 Å². The number of nitrogens with zero attached hydrogens (tertiary/aromatic N) is 2. The third kappa shape index (κ3) is 2.41. The van der Waals surface area contributed by atoms with Crippen molar-refractivity contribution in [2.45, 2.75) is 26.3 Å². The van der Waals surface area contributed by atoms with E-state index in [4.69, 9.17) is 5.11 Å². The quantitative estimate of drug-likeness (QED) is 0.936. The number of alkyl halides is 2. The molecule has 106 valence electrons. The predicted molar refractivity (Wildman–Crippen MR) is 69.6 cm³/mol. The Labute approximate surface area is 114 Å². The Bertz CT molecular complexity index is 633. The second-order valence-electron chi connectivity index (χ2n) is 4.44. The first-order valence-electron chi connectivity index (χ1n) is 6.12. The molecule has 6 heteroatoms. The fourth-order valence-corrected chi connectivity index (χ4v) is 1.99. The fraction of sp³-hybridized carbons (Fsp3) is 0.286. The van der Waals surface area contributed by atoms with Crippen LogP contribution < -0.4 is 0 Å². The minimum atomic E-state index is -3.88. The SMILES string of the molecule is CCn1nc(C)cc1-c1ccc(C(F)(F)C(=O)O)cc1. The summed E-state index contributed by atoms with van der Waals surface area (Å²) in [6, 6.07) is 7.08. The number of aromatic nitrogens is 2. The molecule has 0 aliphatic carbocycles. The Hall–Kier alpha value is -2.24. The van der Waals surface area contributed by atoms with Crippen LogP contribution in [0, 0.1) is 6.92 Å². The molecule has 0 atom stereocenters. The van der Waals surface area contributed by atoms with E-state index in [9.17, 15) is 13.6 Å². The summed E-state index contributed by atoms with van der Waals surface area (Å²) in [7, 11) is 0. The monoisotopic (exact) mass is 280 g/mol. The highest BCUT2D eigenvalue weighted by molar-refractivity contribution is 5.77. The number of carboxylic acids is 1. The average Bonchev–Trinajstić information content (AvgIpc) is 2.80. The first-order chi connectivity index (χ1) is 9.36. The zero-order chi connectivity index (χ0) is 14.9. The van der Waals surface area contributed by atoms with Gasteiger partial charge >= 0.3 is 11.9 Å². The van der Waals surface area contributed by atoms with Crippen molar-refractivity contribution >= 4 is 5.97 Å². The smallest absolute Gasteiger partial charge is 0.379 e. The maximum atomic E-state index is 13.3. The van der Waals surface area contributed by atoms with Crippen molar-refractivity contribution in [3.8, 4) is 11.3 Å². The van der Waals surface area contributed by atoms with Gasteiger partial charge in [0.2, 0.25) is 0 Å². The van der Waals surface area contributed by atoms with Crippen LogP contribution in [0.25, 0.3) is 11.3 Å². The van der Waals surface area contributed by atoms with E-state index in [1.54, 1.807) is 4.68 Å². The van der Waals surface area contributed by atoms with Crippen molar-refractivity contribution in [1.82, 2.24) is 9.78 Å². The van der Waals surface area contributed by atoms with Gasteiger partial charge in [-0.1, -0.05) is 24.3 Å². The van der Waals surface area contributed by atoms with Crippen LogP contribution in [-0.4, -0.2) is 20.9 Å². The fourth-order valence-electron chi connectivity index (χ4n) is 1.99. The van der Waals surface area contributed by atoms with Gasteiger partial charge in [-0.05, 0) is 25.5 Å². The lowest BCUT2D eigenvalue weighted by Crippen LogP contribution is -2.25. The second-order valence-corrected chi connectivity index (χ2v) is 4.44. The van der Waals surface area contributed by atoms with Crippen molar-refractivity contribution in [2.24, 2.45) is 0 Å². The molecule has 0 bridgehead atoms. The summed E-state index contributed by atoms with van der Waals surface area (Å²) in [5.41, 5.74) is 1.84. The first-order valence-corrected chi connectivity index (χ1v) is 6.12. The molecule has 1 aromatic carbocycles. The van der Waals surface area contributed by atoms with E-state index in [2.05, 4.69) is 5.10 Å². The summed E-state index contributed by atoms with van der Waals surface area (Å²) in [4.78, 5) is 10.5. The molecule has 0 saturated carbocycles. The van der Waals surface area contributed by atoms with Crippen LogP contribution in [0.5, 0.6) is 0 Å². The highest BCUT2D eigenvalue weighted by Crippen LogP contribution is 2.30. The van der Waals surface area contributed by atoms with Gasteiger partial charge in [-0.2, -0.15) is 13.9 Å². The molecule has 0 radical (unpaired) electrons. The Morgan fingerprint density at radius 2 is 1.95 bits per heavy atom. The van der Waals surface area contributed by atoms with Gasteiger partial charge in [0.25, 0.3) is 0 Å². The Morgan fingerprint density at radius 1 is 1.35 bits per heavy atom. The van der Waals surface area contributed by atoms with Gasteiger partial charge in [-0.3, -0.25) is 4.68 Å². The van der Waals surface area contributed by atoms with Crippen molar-refractivity contribution < 1.29 is 18.7 Å². The molecule has 1 aromatic heterocycles. The van der Waals surface area contributed by atoms with Gasteiger partial charge in [0.15, 0.2) is 0 Å². The van der Waals surface area contributed by atoms with Crippen LogP contribution in [0.1, 0.15) is 18.2 Å². The maximum Gasteiger partial charge on any atom is 0.379 e. The number of hydrogen-bond donors (Lipinski definition) is 1. The van der Waals surface area contributed by atoms with Crippen LogP contribution in [0.3, 0.4) is 0 Å². The molecule has 0 spiro atoms. The van der Waals surface area contributed by atoms with E-state index in [-0.39, 0.29) is 0 Å². The van der Waals surface area contributed by atoms with Crippen LogP contribution in [0.2, 0.25) is 0 Å². The molecule has 0 aliphatic heterocycles. The highest BCUT2D eigenvalue weighted by atomic mass is 19.3. The Balaban J connectivity index is 2.40. The van der Waals surface area contributed by atoms with Crippen LogP contribution >= 0.6 is 0 Å². The van der Waals surface area contributed by atoms with Gasteiger partial charge in [-0.15, -0.1) is 0 Å². The van der Waals surface area contributed by atoms with E-state index in [1.165, 1.54) is 12.1 Å². The van der Waals surface area contributed by atoms with Crippen molar-refractivity contribution in [3.63, 3.8) is 0 Å². The Morgan fingerprint density at radius 3 is 2.45 bits per heavy atom. The number of rotatable bonds is 4. The van der Waals surface area contributed by atoms with Crippen LogP contribution in [0.4, 0.5) is 8.78 Å². The van der Waals surface area contributed by atoms with Crippen molar-refractivity contribution in [2.75, 3.05) is 0 Å². The van der Waals surface area contributed by atoms with Gasteiger partial charge in [0, 0.05) is 12.1 Å². The lowest BCUT2D eigenvalue weighted by molar-refractivity contribution is -0.166. The normalized spacial score (nSPS) is 11.6. The molecule has 20 heavy (non-hydrogen) atoms. The van der Waals surface area contributed by atoms with Crippen LogP contribution in [-0.2, 0) is 17.3 Å². The summed E-state index contributed by atoms with van der Waals surface area (Å²) < 4.78 is 28.5. The molecule has 4 nitrogen and oxygen atoms in total. The zero-order valence-corrected chi connectivity index (χ0v) is 11.1. The third-order valence-electron chi connectivity index (χ3n) is 3.01. The molecule has 1 N–H and O–H groups in total. The van der Waals surface area contributed by atoms with E-state index in [1.807, 2.05) is 19.9 Å². The number of halogens is 2. The average molecular weight is 280 g/mol. The molecule has 0 fully saturated rings. The summed E-state index contributed by atoms with van der Waals surface area (Å²) in [5.74, 6) is -6.03. The lowest BCUT2D eigenvalue weighted by Gasteiger charge is -2.12. The number of hydrogen-bond acceptors (Lipinski definition) is 2. The molecular weight excluding hydrogens is 266 g/mol. The molecule has 2 aromatic rings. The molecular formula is C14H14F2N2O2. The van der Waals surface area contributed by atoms with Gasteiger partial charge in [0.05, 0.1) is 11.4 Å². The van der Waals surface area contributed by atoms with Crippen LogP contribution in [0.15, 0.2) is 30.3 Å². The third-order valence-corrected chi connectivity index (χ3v) is 3.01. The Kier molecular flexibility index (Phi) is 3.57. The molecule has 1 heterocycles. The predicted octanol–water partition coefficient (Wildman–Crippen LogP) is 3.05. The summed E-state index contributed by atoms with van der Waals surface area (Å²) in [6.45, 7) is 4.45.